The standard InChI is InChI=1S/C26H27N3O5S/c1-15(11-12-22(30)27-13-23-29-24(25(31)32)16(2)35-23)28-26(33)34-14-21-19-9-5-3-7-17(19)18-8-4-6-10-20(18)21/h3-10,15,21H,11-14H2,1-2H3,(H,27,30)(H,28,33)(H,31,32). The monoisotopic (exact) mass is 493 g/mol. The molecule has 2 aromatic carbocycles. The molecule has 1 heterocycles. The molecule has 3 aromatic rings. The highest BCUT2D eigenvalue weighted by Gasteiger charge is 2.29. The summed E-state index contributed by atoms with van der Waals surface area (Å²) in [4.78, 5) is 40.3. The van der Waals surface area contributed by atoms with Crippen LogP contribution in [0.4, 0.5) is 4.79 Å². The summed E-state index contributed by atoms with van der Waals surface area (Å²) in [6.45, 7) is 3.91. The van der Waals surface area contributed by atoms with Gasteiger partial charge in [0.1, 0.15) is 11.6 Å². The van der Waals surface area contributed by atoms with Gasteiger partial charge in [-0.05, 0) is 42.5 Å². The van der Waals surface area contributed by atoms with Crippen LogP contribution >= 0.6 is 11.3 Å². The second-order valence-electron chi connectivity index (χ2n) is 8.50. The van der Waals surface area contributed by atoms with Crippen molar-refractivity contribution in [3.05, 3.63) is 75.2 Å². The third kappa shape index (κ3) is 5.68. The number of nitrogens with one attached hydrogen (secondary N) is 2. The molecule has 1 aromatic heterocycles. The van der Waals surface area contributed by atoms with Gasteiger partial charge in [-0.1, -0.05) is 48.5 Å². The Bertz CT molecular complexity index is 1210. The number of fused-ring (bicyclic) bond motifs is 3. The highest BCUT2D eigenvalue weighted by atomic mass is 32.1. The lowest BCUT2D eigenvalue weighted by Crippen LogP contribution is -2.35. The average molecular weight is 494 g/mol. The molecule has 9 heteroatoms. The summed E-state index contributed by atoms with van der Waals surface area (Å²) < 4.78 is 5.55. The summed E-state index contributed by atoms with van der Waals surface area (Å²) in [6.07, 6.45) is 0.132. The Balaban J connectivity index is 1.21. The number of aromatic nitrogens is 1. The molecular formula is C26H27N3O5S. The van der Waals surface area contributed by atoms with E-state index in [-0.39, 0.29) is 43.1 Å². The zero-order valence-corrected chi connectivity index (χ0v) is 20.4. The lowest BCUT2D eigenvalue weighted by molar-refractivity contribution is -0.121. The van der Waals surface area contributed by atoms with Crippen LogP contribution in [0, 0.1) is 6.92 Å². The number of nitrogens with zero attached hydrogens (tertiary/aromatic N) is 1. The van der Waals surface area contributed by atoms with Gasteiger partial charge in [-0.25, -0.2) is 14.6 Å². The van der Waals surface area contributed by atoms with E-state index in [9.17, 15) is 14.4 Å². The van der Waals surface area contributed by atoms with E-state index >= 15 is 0 Å². The van der Waals surface area contributed by atoms with E-state index in [2.05, 4.69) is 39.9 Å². The van der Waals surface area contributed by atoms with Gasteiger partial charge in [0.2, 0.25) is 5.91 Å². The molecule has 35 heavy (non-hydrogen) atoms. The summed E-state index contributed by atoms with van der Waals surface area (Å²) in [5.74, 6) is -1.29. The molecule has 4 rings (SSSR count). The first-order valence-electron chi connectivity index (χ1n) is 11.4. The molecule has 182 valence electrons. The van der Waals surface area contributed by atoms with Crippen LogP contribution in [0.5, 0.6) is 0 Å². The Kier molecular flexibility index (Phi) is 7.45. The SMILES string of the molecule is Cc1sc(CNC(=O)CCC(C)NC(=O)OCC2c3ccccc3-c3ccccc32)nc1C(=O)O. The number of hydrogen-bond acceptors (Lipinski definition) is 6. The first-order chi connectivity index (χ1) is 16.8. The van der Waals surface area contributed by atoms with Crippen LogP contribution in [0.3, 0.4) is 0 Å². The lowest BCUT2D eigenvalue weighted by atomic mass is 9.98. The maximum Gasteiger partial charge on any atom is 0.407 e. The molecule has 0 fully saturated rings. The zero-order valence-electron chi connectivity index (χ0n) is 19.5. The maximum absolute atomic E-state index is 12.4. The third-order valence-corrected chi connectivity index (χ3v) is 6.96. The Labute approximate surface area is 207 Å². The minimum Gasteiger partial charge on any atom is -0.476 e. The van der Waals surface area contributed by atoms with E-state index in [1.54, 1.807) is 6.92 Å². The van der Waals surface area contributed by atoms with E-state index in [1.807, 2.05) is 31.2 Å². The molecule has 3 N–H and O–H groups in total. The summed E-state index contributed by atoms with van der Waals surface area (Å²) in [5.41, 5.74) is 4.65. The molecule has 0 saturated carbocycles. The van der Waals surface area contributed by atoms with Gasteiger partial charge in [0.15, 0.2) is 5.69 Å². The van der Waals surface area contributed by atoms with Crippen molar-refractivity contribution >= 4 is 29.3 Å². The fourth-order valence-electron chi connectivity index (χ4n) is 4.25. The minimum absolute atomic E-state index is 0.00891. The Morgan fingerprint density at radius 3 is 2.31 bits per heavy atom. The molecule has 0 aliphatic heterocycles. The summed E-state index contributed by atoms with van der Waals surface area (Å²) >= 11 is 1.24. The van der Waals surface area contributed by atoms with E-state index in [1.165, 1.54) is 22.5 Å². The lowest BCUT2D eigenvalue weighted by Gasteiger charge is -2.17. The molecule has 0 saturated heterocycles. The van der Waals surface area contributed by atoms with Gasteiger partial charge in [0.25, 0.3) is 0 Å². The molecule has 0 spiro atoms. The van der Waals surface area contributed by atoms with Gasteiger partial charge < -0.3 is 20.5 Å². The number of hydrogen-bond donors (Lipinski definition) is 3. The van der Waals surface area contributed by atoms with Crippen molar-refractivity contribution in [1.29, 1.82) is 0 Å². The van der Waals surface area contributed by atoms with E-state index in [4.69, 9.17) is 9.84 Å². The molecule has 2 amide bonds. The quantitative estimate of drug-likeness (QED) is 0.405. The molecule has 1 aliphatic carbocycles. The van der Waals surface area contributed by atoms with Crippen molar-refractivity contribution in [2.45, 2.75) is 45.2 Å². The number of carboxylic acid groups (broad SMARTS) is 1. The van der Waals surface area contributed by atoms with Crippen LogP contribution < -0.4 is 10.6 Å². The van der Waals surface area contributed by atoms with Crippen LogP contribution in [0.25, 0.3) is 11.1 Å². The maximum atomic E-state index is 12.4. The Hall–Kier alpha value is -3.72. The first-order valence-corrected chi connectivity index (χ1v) is 12.2. The number of aromatic carboxylic acids is 1. The smallest absolute Gasteiger partial charge is 0.407 e. The Morgan fingerprint density at radius 2 is 1.71 bits per heavy atom. The number of ether oxygens (including phenoxy) is 1. The van der Waals surface area contributed by atoms with Crippen molar-refractivity contribution in [2.75, 3.05) is 6.61 Å². The highest BCUT2D eigenvalue weighted by Crippen LogP contribution is 2.44. The summed E-state index contributed by atoms with van der Waals surface area (Å²) in [5, 5.41) is 15.1. The average Bonchev–Trinajstić information content (AvgIpc) is 3.38. The highest BCUT2D eigenvalue weighted by molar-refractivity contribution is 7.11. The third-order valence-electron chi connectivity index (χ3n) is 5.99. The van der Waals surface area contributed by atoms with Crippen molar-refractivity contribution in [2.24, 2.45) is 0 Å². The van der Waals surface area contributed by atoms with Crippen molar-refractivity contribution in [3.63, 3.8) is 0 Å². The fourth-order valence-corrected chi connectivity index (χ4v) is 5.11. The predicted molar refractivity (Wildman–Crippen MR) is 133 cm³/mol. The summed E-state index contributed by atoms with van der Waals surface area (Å²) in [6, 6.07) is 16.1. The number of aryl methyl sites for hydroxylation is 1. The molecule has 0 radical (unpaired) electrons. The van der Waals surface area contributed by atoms with Crippen LogP contribution in [-0.4, -0.2) is 40.7 Å². The van der Waals surface area contributed by atoms with Gasteiger partial charge in [-0.2, -0.15) is 0 Å². The molecule has 8 nitrogen and oxygen atoms in total. The van der Waals surface area contributed by atoms with Crippen molar-refractivity contribution < 1.29 is 24.2 Å². The number of carbonyl (C=O) groups excluding carboxylic acids is 2. The second-order valence-corrected chi connectivity index (χ2v) is 9.79. The van der Waals surface area contributed by atoms with Crippen LogP contribution in [-0.2, 0) is 16.1 Å². The van der Waals surface area contributed by atoms with Crippen molar-refractivity contribution in [3.8, 4) is 11.1 Å². The van der Waals surface area contributed by atoms with Gasteiger partial charge in [-0.15, -0.1) is 11.3 Å². The topological polar surface area (TPSA) is 118 Å². The number of amides is 2. The number of thiazole rings is 1. The van der Waals surface area contributed by atoms with Gasteiger partial charge in [0, 0.05) is 23.3 Å². The molecule has 0 bridgehead atoms. The second kappa shape index (κ2) is 10.7. The van der Waals surface area contributed by atoms with Crippen LogP contribution in [0.1, 0.15) is 57.2 Å². The predicted octanol–water partition coefficient (Wildman–Crippen LogP) is 4.47. The number of carboxylic acids is 1. The summed E-state index contributed by atoms with van der Waals surface area (Å²) in [7, 11) is 0. The zero-order chi connectivity index (χ0) is 24.9. The largest absolute Gasteiger partial charge is 0.476 e. The van der Waals surface area contributed by atoms with Gasteiger partial charge >= 0.3 is 12.1 Å². The number of carbonyl (C=O) groups is 3. The van der Waals surface area contributed by atoms with Crippen LogP contribution in [0.15, 0.2) is 48.5 Å². The molecule has 1 aliphatic rings. The fraction of sp³-hybridized carbons (Fsp3) is 0.308. The first kappa shape index (κ1) is 24.4. The molecule has 1 unspecified atom stereocenters. The number of benzene rings is 2. The van der Waals surface area contributed by atoms with E-state index in [0.29, 0.717) is 16.3 Å². The number of rotatable bonds is 9. The normalized spacial score (nSPS) is 13.0. The Morgan fingerprint density at radius 1 is 1.09 bits per heavy atom. The molecule has 1 atom stereocenters. The van der Waals surface area contributed by atoms with Crippen LogP contribution in [0.2, 0.25) is 0 Å². The number of alkyl carbamates (subject to hydrolysis) is 1. The molecular weight excluding hydrogens is 466 g/mol. The van der Waals surface area contributed by atoms with Gasteiger partial charge in [-0.3, -0.25) is 4.79 Å². The van der Waals surface area contributed by atoms with Gasteiger partial charge in [0.05, 0.1) is 6.54 Å². The minimum atomic E-state index is -1.08. The van der Waals surface area contributed by atoms with Crippen molar-refractivity contribution in [1.82, 2.24) is 15.6 Å². The van der Waals surface area contributed by atoms with E-state index in [0.717, 1.165) is 11.1 Å². The van der Waals surface area contributed by atoms with E-state index < -0.39 is 12.1 Å².